The van der Waals surface area contributed by atoms with E-state index in [9.17, 15) is 9.59 Å². The van der Waals surface area contributed by atoms with Crippen molar-refractivity contribution < 1.29 is 14.3 Å². The highest BCUT2D eigenvalue weighted by molar-refractivity contribution is 5.96. The summed E-state index contributed by atoms with van der Waals surface area (Å²) in [5, 5.41) is 0. The maximum atomic E-state index is 13.1. The number of amides is 2. The zero-order chi connectivity index (χ0) is 19.1. The van der Waals surface area contributed by atoms with E-state index in [-0.39, 0.29) is 23.1 Å². The van der Waals surface area contributed by atoms with Gasteiger partial charge in [-0.25, -0.2) is 0 Å². The predicted molar refractivity (Wildman–Crippen MR) is 102 cm³/mol. The van der Waals surface area contributed by atoms with Crippen molar-refractivity contribution in [1.29, 1.82) is 0 Å². The molecule has 0 radical (unpaired) electrons. The second-order valence-corrected chi connectivity index (χ2v) is 8.51. The van der Waals surface area contributed by atoms with Gasteiger partial charge in [0.05, 0.1) is 7.11 Å². The minimum absolute atomic E-state index is 0.0502. The van der Waals surface area contributed by atoms with E-state index in [2.05, 4.69) is 20.8 Å². The third-order valence-corrected chi connectivity index (χ3v) is 5.39. The highest BCUT2D eigenvalue weighted by Crippen LogP contribution is 2.34. The van der Waals surface area contributed by atoms with E-state index >= 15 is 0 Å². The van der Waals surface area contributed by atoms with Crippen molar-refractivity contribution in [3.63, 3.8) is 0 Å². The molecule has 0 unspecified atom stereocenters. The first-order valence-electron chi connectivity index (χ1n) is 9.49. The average molecular weight is 358 g/mol. The van der Waals surface area contributed by atoms with Crippen LogP contribution in [0.25, 0.3) is 0 Å². The van der Waals surface area contributed by atoms with Crippen LogP contribution in [0.4, 0.5) is 0 Å². The molecule has 1 heterocycles. The Labute approximate surface area is 156 Å². The van der Waals surface area contributed by atoms with Crippen molar-refractivity contribution in [2.24, 2.45) is 5.92 Å². The molecule has 2 fully saturated rings. The molecule has 26 heavy (non-hydrogen) atoms. The Morgan fingerprint density at radius 2 is 1.62 bits per heavy atom. The summed E-state index contributed by atoms with van der Waals surface area (Å²) >= 11 is 0. The summed E-state index contributed by atoms with van der Waals surface area (Å²) in [7, 11) is 1.67. The fourth-order valence-corrected chi connectivity index (χ4v) is 3.56. The molecule has 1 aromatic carbocycles. The van der Waals surface area contributed by atoms with Gasteiger partial charge < -0.3 is 14.5 Å². The van der Waals surface area contributed by atoms with E-state index in [0.717, 1.165) is 35.3 Å². The molecule has 5 heteroatoms. The molecule has 3 rings (SSSR count). The monoisotopic (exact) mass is 358 g/mol. The van der Waals surface area contributed by atoms with Crippen LogP contribution in [0.1, 0.15) is 55.1 Å². The molecule has 142 valence electrons. The lowest BCUT2D eigenvalue weighted by molar-refractivity contribution is -0.134. The summed E-state index contributed by atoms with van der Waals surface area (Å²) in [5.41, 5.74) is 2.59. The quantitative estimate of drug-likeness (QED) is 0.835. The second-order valence-electron chi connectivity index (χ2n) is 8.51. The normalized spacial score (nSPS) is 18.0. The maximum absolute atomic E-state index is 13.1. The standard InChI is InChI=1S/C21H30N2O3/c1-14-12-18(26-5)17(21(2,3)4)13-16(14)20(25)23-10-8-22(9-11-23)19(24)15-6-7-15/h12-13,15H,6-11H2,1-5H3. The highest BCUT2D eigenvalue weighted by atomic mass is 16.5. The minimum atomic E-state index is -0.108. The Morgan fingerprint density at radius 3 is 2.12 bits per heavy atom. The van der Waals surface area contributed by atoms with Gasteiger partial charge in [0.2, 0.25) is 5.91 Å². The van der Waals surface area contributed by atoms with Crippen molar-refractivity contribution in [2.45, 2.75) is 46.0 Å². The number of nitrogens with zero attached hydrogens (tertiary/aromatic N) is 2. The van der Waals surface area contributed by atoms with Crippen LogP contribution in [-0.2, 0) is 10.2 Å². The van der Waals surface area contributed by atoms with Gasteiger partial charge in [-0.15, -0.1) is 0 Å². The molecule has 1 aromatic rings. The number of carbonyl (C=O) groups is 2. The van der Waals surface area contributed by atoms with Crippen molar-refractivity contribution in [3.8, 4) is 5.75 Å². The molecular formula is C21H30N2O3. The van der Waals surface area contributed by atoms with Crippen molar-refractivity contribution in [2.75, 3.05) is 33.3 Å². The number of aryl methyl sites for hydroxylation is 1. The molecule has 5 nitrogen and oxygen atoms in total. The number of benzene rings is 1. The van der Waals surface area contributed by atoms with Gasteiger partial charge >= 0.3 is 0 Å². The Morgan fingerprint density at radius 1 is 1.04 bits per heavy atom. The van der Waals surface area contributed by atoms with E-state index < -0.39 is 0 Å². The van der Waals surface area contributed by atoms with E-state index in [0.29, 0.717) is 26.2 Å². The van der Waals surface area contributed by atoms with Crippen LogP contribution >= 0.6 is 0 Å². The van der Waals surface area contributed by atoms with Gasteiger partial charge in [-0.1, -0.05) is 20.8 Å². The average Bonchev–Trinajstić information content (AvgIpc) is 3.44. The lowest BCUT2D eigenvalue weighted by atomic mass is 9.84. The molecule has 1 aliphatic carbocycles. The molecule has 1 saturated carbocycles. The van der Waals surface area contributed by atoms with Crippen LogP contribution in [0, 0.1) is 12.8 Å². The molecular weight excluding hydrogens is 328 g/mol. The van der Waals surface area contributed by atoms with Crippen LogP contribution in [-0.4, -0.2) is 54.9 Å². The Kier molecular flexibility index (Phi) is 5.00. The fourth-order valence-electron chi connectivity index (χ4n) is 3.56. The van der Waals surface area contributed by atoms with Gasteiger partial charge in [0.25, 0.3) is 5.91 Å². The van der Waals surface area contributed by atoms with E-state index in [1.807, 2.05) is 28.9 Å². The third-order valence-electron chi connectivity index (χ3n) is 5.39. The molecule has 2 amide bonds. The summed E-state index contributed by atoms with van der Waals surface area (Å²) in [6.07, 6.45) is 2.05. The zero-order valence-electron chi connectivity index (χ0n) is 16.6. The number of hydrogen-bond donors (Lipinski definition) is 0. The summed E-state index contributed by atoms with van der Waals surface area (Å²) in [4.78, 5) is 29.1. The Balaban J connectivity index is 1.76. The zero-order valence-corrected chi connectivity index (χ0v) is 16.6. The number of carbonyl (C=O) groups excluding carboxylic acids is 2. The number of methoxy groups -OCH3 is 1. The third kappa shape index (κ3) is 3.71. The number of ether oxygens (including phenoxy) is 1. The number of hydrogen-bond acceptors (Lipinski definition) is 3. The highest BCUT2D eigenvalue weighted by Gasteiger charge is 2.35. The van der Waals surface area contributed by atoms with Gasteiger partial charge in [0.15, 0.2) is 0 Å². The van der Waals surface area contributed by atoms with Crippen LogP contribution in [0.3, 0.4) is 0 Å². The molecule has 0 atom stereocenters. The maximum Gasteiger partial charge on any atom is 0.254 e. The Bertz CT molecular complexity index is 709. The summed E-state index contributed by atoms with van der Waals surface area (Å²) in [6, 6.07) is 3.94. The predicted octanol–water partition coefficient (Wildman–Crippen LogP) is 3.00. The largest absolute Gasteiger partial charge is 0.496 e. The minimum Gasteiger partial charge on any atom is -0.496 e. The molecule has 2 aliphatic rings. The second kappa shape index (κ2) is 6.93. The molecule has 0 bridgehead atoms. The van der Waals surface area contributed by atoms with Gasteiger partial charge in [0.1, 0.15) is 5.75 Å². The first kappa shape index (κ1) is 18.7. The number of rotatable bonds is 3. The molecule has 0 N–H and O–H groups in total. The molecule has 0 spiro atoms. The summed E-state index contributed by atoms with van der Waals surface area (Å²) < 4.78 is 5.53. The van der Waals surface area contributed by atoms with Gasteiger partial charge in [-0.3, -0.25) is 9.59 Å². The lowest BCUT2D eigenvalue weighted by Crippen LogP contribution is -2.51. The Hall–Kier alpha value is -2.04. The lowest BCUT2D eigenvalue weighted by Gasteiger charge is -2.35. The number of piperazine rings is 1. The smallest absolute Gasteiger partial charge is 0.254 e. The fraction of sp³-hybridized carbons (Fsp3) is 0.619. The van der Waals surface area contributed by atoms with Crippen molar-refractivity contribution >= 4 is 11.8 Å². The van der Waals surface area contributed by atoms with E-state index in [1.165, 1.54) is 0 Å². The van der Waals surface area contributed by atoms with E-state index in [4.69, 9.17) is 4.74 Å². The van der Waals surface area contributed by atoms with Gasteiger partial charge in [0, 0.05) is 43.2 Å². The molecule has 0 aromatic heterocycles. The summed E-state index contributed by atoms with van der Waals surface area (Å²) in [5.74, 6) is 1.39. The first-order chi connectivity index (χ1) is 12.2. The topological polar surface area (TPSA) is 49.9 Å². The molecule has 1 aliphatic heterocycles. The van der Waals surface area contributed by atoms with Crippen molar-refractivity contribution in [1.82, 2.24) is 9.80 Å². The van der Waals surface area contributed by atoms with Crippen LogP contribution in [0.5, 0.6) is 5.75 Å². The van der Waals surface area contributed by atoms with Crippen LogP contribution < -0.4 is 4.74 Å². The summed E-state index contributed by atoms with van der Waals surface area (Å²) in [6.45, 7) is 10.8. The SMILES string of the molecule is COc1cc(C)c(C(=O)N2CCN(C(=O)C3CC3)CC2)cc1C(C)(C)C. The molecule has 1 saturated heterocycles. The van der Waals surface area contributed by atoms with Gasteiger partial charge in [-0.05, 0) is 42.9 Å². The first-order valence-corrected chi connectivity index (χ1v) is 9.49. The van der Waals surface area contributed by atoms with Crippen molar-refractivity contribution in [3.05, 3.63) is 28.8 Å². The van der Waals surface area contributed by atoms with E-state index in [1.54, 1.807) is 7.11 Å². The van der Waals surface area contributed by atoms with Crippen LogP contribution in [0.2, 0.25) is 0 Å². The van der Waals surface area contributed by atoms with Crippen LogP contribution in [0.15, 0.2) is 12.1 Å². The van der Waals surface area contributed by atoms with Gasteiger partial charge in [-0.2, -0.15) is 0 Å².